The van der Waals surface area contributed by atoms with Crippen LogP contribution in [0, 0.1) is 0 Å². The van der Waals surface area contributed by atoms with Crippen molar-refractivity contribution in [1.82, 2.24) is 0 Å². The topological polar surface area (TPSA) is 41.8 Å². The highest BCUT2D eigenvalue weighted by molar-refractivity contribution is 7.10. The molecule has 96 valence electrons. The van der Waals surface area contributed by atoms with E-state index in [0.717, 1.165) is 4.88 Å². The van der Waals surface area contributed by atoms with Crippen LogP contribution in [0.3, 0.4) is 0 Å². The van der Waals surface area contributed by atoms with Gasteiger partial charge in [0.25, 0.3) is 0 Å². The third kappa shape index (κ3) is 2.56. The highest BCUT2D eigenvalue weighted by atomic mass is 35.5. The summed E-state index contributed by atoms with van der Waals surface area (Å²) < 4.78 is 5.35. The molecule has 0 bridgehead atoms. The van der Waals surface area contributed by atoms with Crippen LogP contribution in [0.15, 0.2) is 52.5 Å². The normalized spacial score (nSPS) is 20.4. The first-order chi connectivity index (χ1) is 9.24. The molecule has 1 aromatic heterocycles. The van der Waals surface area contributed by atoms with Crippen molar-refractivity contribution in [2.45, 2.75) is 6.29 Å². The average molecular weight is 292 g/mol. The van der Waals surface area contributed by atoms with Gasteiger partial charge in [0.15, 0.2) is 0 Å². The minimum Gasteiger partial charge on any atom is -0.441 e. The average Bonchev–Trinajstić information content (AvgIpc) is 3.02. The number of aliphatic imine (C=N–C) groups is 1. The molecule has 3 rings (SSSR count). The molecule has 2 aromatic rings. The molecule has 0 aliphatic carbocycles. The van der Waals surface area contributed by atoms with Crippen LogP contribution >= 0.6 is 22.9 Å². The number of aliphatic hydroxyl groups is 1. The Labute approximate surface area is 119 Å². The molecule has 1 aromatic carbocycles. The van der Waals surface area contributed by atoms with Gasteiger partial charge < -0.3 is 9.84 Å². The third-order valence-corrected chi connectivity index (χ3v) is 3.79. The van der Waals surface area contributed by atoms with Gasteiger partial charge >= 0.3 is 0 Å². The van der Waals surface area contributed by atoms with Crippen molar-refractivity contribution in [2.75, 3.05) is 0 Å². The van der Waals surface area contributed by atoms with Crippen molar-refractivity contribution in [1.29, 1.82) is 0 Å². The lowest BCUT2D eigenvalue weighted by Crippen LogP contribution is -2.11. The molecule has 0 radical (unpaired) electrons. The Morgan fingerprint density at radius 1 is 1.26 bits per heavy atom. The first kappa shape index (κ1) is 12.4. The van der Waals surface area contributed by atoms with Crippen molar-refractivity contribution >= 4 is 34.9 Å². The van der Waals surface area contributed by atoms with Gasteiger partial charge in [0, 0.05) is 4.88 Å². The summed E-state index contributed by atoms with van der Waals surface area (Å²) in [5.74, 6) is 0.348. The van der Waals surface area contributed by atoms with Gasteiger partial charge in [-0.1, -0.05) is 29.8 Å². The SMILES string of the molecule is OC1OC(c2ccccc2Cl)=N/C1=C\c1cccs1. The highest BCUT2D eigenvalue weighted by Gasteiger charge is 2.25. The van der Waals surface area contributed by atoms with Crippen molar-refractivity contribution in [3.63, 3.8) is 0 Å². The molecule has 1 N–H and O–H groups in total. The molecule has 1 aliphatic rings. The Morgan fingerprint density at radius 2 is 2.11 bits per heavy atom. The lowest BCUT2D eigenvalue weighted by atomic mass is 10.2. The number of nitrogens with zero attached hydrogens (tertiary/aromatic N) is 1. The van der Waals surface area contributed by atoms with Crippen LogP contribution in [0.25, 0.3) is 6.08 Å². The summed E-state index contributed by atoms with van der Waals surface area (Å²) in [6.45, 7) is 0. The summed E-state index contributed by atoms with van der Waals surface area (Å²) in [4.78, 5) is 5.32. The molecule has 3 nitrogen and oxygen atoms in total. The fourth-order valence-corrected chi connectivity index (χ4v) is 2.62. The molecular formula is C14H10ClNO2S. The smallest absolute Gasteiger partial charge is 0.243 e. The maximum absolute atomic E-state index is 9.87. The highest BCUT2D eigenvalue weighted by Crippen LogP contribution is 2.26. The molecule has 0 spiro atoms. The molecule has 19 heavy (non-hydrogen) atoms. The predicted molar refractivity (Wildman–Crippen MR) is 77.4 cm³/mol. The number of thiophene rings is 1. The number of benzene rings is 1. The van der Waals surface area contributed by atoms with Crippen LogP contribution in [0.5, 0.6) is 0 Å². The van der Waals surface area contributed by atoms with E-state index >= 15 is 0 Å². The number of aliphatic hydroxyl groups excluding tert-OH is 1. The molecule has 1 atom stereocenters. The van der Waals surface area contributed by atoms with Crippen LogP contribution in [-0.4, -0.2) is 17.3 Å². The van der Waals surface area contributed by atoms with Crippen LogP contribution in [0.1, 0.15) is 10.4 Å². The molecular weight excluding hydrogens is 282 g/mol. The molecule has 0 saturated carbocycles. The first-order valence-corrected chi connectivity index (χ1v) is 6.93. The van der Waals surface area contributed by atoms with E-state index in [1.54, 1.807) is 23.5 Å². The van der Waals surface area contributed by atoms with Crippen molar-refractivity contribution in [3.8, 4) is 0 Å². The van der Waals surface area contributed by atoms with Gasteiger partial charge in [0.2, 0.25) is 12.2 Å². The summed E-state index contributed by atoms with van der Waals surface area (Å²) in [5.41, 5.74) is 1.16. The second-order valence-electron chi connectivity index (χ2n) is 3.95. The molecule has 2 heterocycles. The van der Waals surface area contributed by atoms with Crippen LogP contribution in [-0.2, 0) is 4.74 Å². The van der Waals surface area contributed by atoms with Gasteiger partial charge in [-0.3, -0.25) is 0 Å². The lowest BCUT2D eigenvalue weighted by molar-refractivity contribution is 0.0178. The second-order valence-corrected chi connectivity index (χ2v) is 5.34. The lowest BCUT2D eigenvalue weighted by Gasteiger charge is -2.06. The van der Waals surface area contributed by atoms with E-state index in [0.29, 0.717) is 22.2 Å². The van der Waals surface area contributed by atoms with E-state index in [9.17, 15) is 5.11 Å². The van der Waals surface area contributed by atoms with Crippen molar-refractivity contribution in [3.05, 3.63) is 62.9 Å². The Hall–Kier alpha value is -1.62. The van der Waals surface area contributed by atoms with E-state index in [4.69, 9.17) is 16.3 Å². The fourth-order valence-electron chi connectivity index (χ4n) is 1.75. The summed E-state index contributed by atoms with van der Waals surface area (Å²) in [7, 11) is 0. The first-order valence-electron chi connectivity index (χ1n) is 5.67. The van der Waals surface area contributed by atoms with Crippen LogP contribution in [0.4, 0.5) is 0 Å². The zero-order valence-electron chi connectivity index (χ0n) is 9.79. The van der Waals surface area contributed by atoms with Gasteiger partial charge in [-0.2, -0.15) is 0 Å². The monoisotopic (exact) mass is 291 g/mol. The minimum atomic E-state index is -1.05. The van der Waals surface area contributed by atoms with Crippen molar-refractivity contribution < 1.29 is 9.84 Å². The molecule has 1 unspecified atom stereocenters. The number of halogens is 1. The van der Waals surface area contributed by atoms with Crippen molar-refractivity contribution in [2.24, 2.45) is 4.99 Å². The zero-order chi connectivity index (χ0) is 13.2. The molecule has 5 heteroatoms. The quantitative estimate of drug-likeness (QED) is 0.919. The van der Waals surface area contributed by atoms with E-state index in [1.165, 1.54) is 0 Å². The van der Waals surface area contributed by atoms with Gasteiger partial charge in [0.05, 0.1) is 10.6 Å². The number of rotatable bonds is 2. The Morgan fingerprint density at radius 3 is 2.84 bits per heavy atom. The number of ether oxygens (including phenoxy) is 1. The summed E-state index contributed by atoms with van der Waals surface area (Å²) in [5, 5.41) is 12.4. The number of hydrogen-bond acceptors (Lipinski definition) is 4. The standard InChI is InChI=1S/C14H10ClNO2S/c15-11-6-2-1-5-10(11)13-16-12(14(17)18-13)8-9-4-3-7-19-9/h1-8,14,17H/b12-8-. The largest absolute Gasteiger partial charge is 0.441 e. The van der Waals surface area contributed by atoms with Gasteiger partial charge in [0.1, 0.15) is 5.70 Å². The second kappa shape index (κ2) is 5.17. The maximum atomic E-state index is 9.87. The minimum absolute atomic E-state index is 0.348. The van der Waals surface area contributed by atoms with Gasteiger partial charge in [-0.25, -0.2) is 4.99 Å². The Kier molecular flexibility index (Phi) is 3.38. The summed E-state index contributed by atoms with van der Waals surface area (Å²) >= 11 is 7.66. The van der Waals surface area contributed by atoms with E-state index in [2.05, 4.69) is 4.99 Å². The summed E-state index contributed by atoms with van der Waals surface area (Å²) in [6, 6.07) is 11.1. The van der Waals surface area contributed by atoms with Crippen LogP contribution in [0.2, 0.25) is 5.02 Å². The Balaban J connectivity index is 1.96. The molecule has 1 aliphatic heterocycles. The third-order valence-electron chi connectivity index (χ3n) is 2.64. The number of hydrogen-bond donors (Lipinski definition) is 1. The van der Waals surface area contributed by atoms with Crippen LogP contribution < -0.4 is 0 Å². The molecule has 0 saturated heterocycles. The van der Waals surface area contributed by atoms with E-state index in [-0.39, 0.29) is 0 Å². The fraction of sp³-hybridized carbons (Fsp3) is 0.0714. The van der Waals surface area contributed by atoms with Gasteiger partial charge in [-0.05, 0) is 29.7 Å². The van der Waals surface area contributed by atoms with E-state index < -0.39 is 6.29 Å². The van der Waals surface area contributed by atoms with Gasteiger partial charge in [-0.15, -0.1) is 11.3 Å². The molecule has 0 fully saturated rings. The summed E-state index contributed by atoms with van der Waals surface area (Å²) in [6.07, 6.45) is 0.757. The van der Waals surface area contributed by atoms with E-state index in [1.807, 2.05) is 35.7 Å². The maximum Gasteiger partial charge on any atom is 0.243 e. The molecule has 0 amide bonds. The Bertz CT molecular complexity index is 649. The zero-order valence-corrected chi connectivity index (χ0v) is 11.4. The predicted octanol–water partition coefficient (Wildman–Crippen LogP) is 3.54.